The lowest BCUT2D eigenvalue weighted by molar-refractivity contribution is 0.617. The van der Waals surface area contributed by atoms with E-state index in [0.717, 1.165) is 5.75 Å². The van der Waals surface area contributed by atoms with Gasteiger partial charge in [0.2, 0.25) is 0 Å². The highest BCUT2D eigenvalue weighted by Gasteiger charge is 2.02. The van der Waals surface area contributed by atoms with Crippen molar-refractivity contribution in [2.45, 2.75) is 5.75 Å². The Morgan fingerprint density at radius 2 is 2.23 bits per heavy atom. The predicted molar refractivity (Wildman–Crippen MR) is 56.6 cm³/mol. The molecule has 0 fully saturated rings. The van der Waals surface area contributed by atoms with Crippen molar-refractivity contribution < 1.29 is 4.39 Å². The molecule has 1 aromatic rings. The molecular formula is C9H11ClFNS. The van der Waals surface area contributed by atoms with E-state index in [1.165, 1.54) is 6.07 Å². The van der Waals surface area contributed by atoms with Gasteiger partial charge < -0.3 is 5.73 Å². The standard InChI is InChI=1S/C9H11ClFNS/c10-8-1-2-9(11)7(5-8)6-13-4-3-12/h1-2,5H,3-4,6,12H2. The summed E-state index contributed by atoms with van der Waals surface area (Å²) in [7, 11) is 0. The van der Waals surface area contributed by atoms with Crippen LogP contribution in [0.4, 0.5) is 4.39 Å². The zero-order valence-corrected chi connectivity index (χ0v) is 8.67. The Kier molecular flexibility index (Phi) is 4.56. The van der Waals surface area contributed by atoms with Crippen LogP contribution in [-0.2, 0) is 5.75 Å². The fourth-order valence-electron chi connectivity index (χ4n) is 0.919. The molecule has 2 N–H and O–H groups in total. The van der Waals surface area contributed by atoms with Crippen LogP contribution in [0.5, 0.6) is 0 Å². The fraction of sp³-hybridized carbons (Fsp3) is 0.333. The molecule has 4 heteroatoms. The summed E-state index contributed by atoms with van der Waals surface area (Å²) in [6.07, 6.45) is 0. The SMILES string of the molecule is NCCSCc1cc(Cl)ccc1F. The highest BCUT2D eigenvalue weighted by atomic mass is 35.5. The first kappa shape index (κ1) is 10.8. The largest absolute Gasteiger partial charge is 0.330 e. The summed E-state index contributed by atoms with van der Waals surface area (Å²) in [6, 6.07) is 4.59. The van der Waals surface area contributed by atoms with Crippen LogP contribution >= 0.6 is 23.4 Å². The molecule has 0 saturated carbocycles. The molecule has 0 saturated heterocycles. The third-order valence-corrected chi connectivity index (χ3v) is 2.80. The molecule has 0 aliphatic rings. The number of hydrogen-bond donors (Lipinski definition) is 1. The second-order valence-electron chi connectivity index (χ2n) is 2.58. The van der Waals surface area contributed by atoms with Crippen LogP contribution in [0.1, 0.15) is 5.56 Å². The van der Waals surface area contributed by atoms with Crippen molar-refractivity contribution >= 4 is 23.4 Å². The van der Waals surface area contributed by atoms with Gasteiger partial charge in [-0.15, -0.1) is 0 Å². The van der Waals surface area contributed by atoms with Crippen molar-refractivity contribution in [3.63, 3.8) is 0 Å². The van der Waals surface area contributed by atoms with Gasteiger partial charge in [0.05, 0.1) is 0 Å². The van der Waals surface area contributed by atoms with Crippen LogP contribution in [0.15, 0.2) is 18.2 Å². The minimum absolute atomic E-state index is 0.200. The Morgan fingerprint density at radius 3 is 2.92 bits per heavy atom. The van der Waals surface area contributed by atoms with Gasteiger partial charge in [-0.2, -0.15) is 11.8 Å². The van der Waals surface area contributed by atoms with Crippen LogP contribution in [-0.4, -0.2) is 12.3 Å². The topological polar surface area (TPSA) is 26.0 Å². The molecule has 0 unspecified atom stereocenters. The van der Waals surface area contributed by atoms with E-state index in [0.29, 0.717) is 22.9 Å². The molecule has 0 heterocycles. The molecule has 0 atom stereocenters. The molecule has 0 spiro atoms. The minimum atomic E-state index is -0.200. The van der Waals surface area contributed by atoms with Crippen LogP contribution < -0.4 is 5.73 Å². The van der Waals surface area contributed by atoms with Crippen molar-refractivity contribution in [3.8, 4) is 0 Å². The maximum Gasteiger partial charge on any atom is 0.127 e. The highest BCUT2D eigenvalue weighted by molar-refractivity contribution is 7.98. The summed E-state index contributed by atoms with van der Waals surface area (Å²) in [5.74, 6) is 1.27. The molecule has 1 rings (SSSR count). The third kappa shape index (κ3) is 3.55. The van der Waals surface area contributed by atoms with Crippen LogP contribution in [0.2, 0.25) is 5.02 Å². The Bertz CT molecular complexity index is 280. The van der Waals surface area contributed by atoms with E-state index in [9.17, 15) is 4.39 Å². The van der Waals surface area contributed by atoms with E-state index in [-0.39, 0.29) is 5.82 Å². The van der Waals surface area contributed by atoms with Crippen molar-refractivity contribution in [2.75, 3.05) is 12.3 Å². The normalized spacial score (nSPS) is 10.4. The number of thioether (sulfide) groups is 1. The van der Waals surface area contributed by atoms with Gasteiger partial charge >= 0.3 is 0 Å². The van der Waals surface area contributed by atoms with Crippen molar-refractivity contribution in [2.24, 2.45) is 5.73 Å². The number of rotatable bonds is 4. The number of halogens is 2. The molecule has 0 amide bonds. The molecule has 13 heavy (non-hydrogen) atoms. The Morgan fingerprint density at radius 1 is 1.46 bits per heavy atom. The maximum absolute atomic E-state index is 13.1. The van der Waals surface area contributed by atoms with Gasteiger partial charge in [0.15, 0.2) is 0 Å². The monoisotopic (exact) mass is 219 g/mol. The Hall–Kier alpha value is -0.250. The summed E-state index contributed by atoms with van der Waals surface area (Å²) in [6.45, 7) is 0.618. The van der Waals surface area contributed by atoms with E-state index < -0.39 is 0 Å². The molecular weight excluding hydrogens is 209 g/mol. The first-order chi connectivity index (χ1) is 6.24. The number of hydrogen-bond acceptors (Lipinski definition) is 2. The lowest BCUT2D eigenvalue weighted by atomic mass is 10.2. The van der Waals surface area contributed by atoms with E-state index in [1.54, 1.807) is 23.9 Å². The summed E-state index contributed by atoms with van der Waals surface area (Å²) < 4.78 is 13.1. The molecule has 0 aliphatic carbocycles. The van der Waals surface area contributed by atoms with E-state index in [4.69, 9.17) is 17.3 Å². The maximum atomic E-state index is 13.1. The van der Waals surface area contributed by atoms with Crippen molar-refractivity contribution in [1.82, 2.24) is 0 Å². The molecule has 1 nitrogen and oxygen atoms in total. The molecule has 0 aliphatic heterocycles. The van der Waals surface area contributed by atoms with E-state index >= 15 is 0 Å². The summed E-state index contributed by atoms with van der Waals surface area (Å²) in [5, 5.41) is 0.574. The molecule has 0 bridgehead atoms. The van der Waals surface area contributed by atoms with Crippen molar-refractivity contribution in [1.29, 1.82) is 0 Å². The smallest absolute Gasteiger partial charge is 0.127 e. The van der Waals surface area contributed by atoms with Crippen LogP contribution in [0.25, 0.3) is 0 Å². The number of nitrogens with two attached hydrogens (primary N) is 1. The summed E-state index contributed by atoms with van der Waals surface area (Å²) in [4.78, 5) is 0. The minimum Gasteiger partial charge on any atom is -0.330 e. The highest BCUT2D eigenvalue weighted by Crippen LogP contribution is 2.19. The van der Waals surface area contributed by atoms with Crippen LogP contribution in [0.3, 0.4) is 0 Å². The van der Waals surface area contributed by atoms with Crippen molar-refractivity contribution in [3.05, 3.63) is 34.6 Å². The van der Waals surface area contributed by atoms with E-state index in [2.05, 4.69) is 0 Å². The molecule has 0 radical (unpaired) electrons. The van der Waals surface area contributed by atoms with E-state index in [1.807, 2.05) is 0 Å². The fourth-order valence-corrected chi connectivity index (χ4v) is 1.87. The zero-order valence-electron chi connectivity index (χ0n) is 7.09. The predicted octanol–water partition coefficient (Wildman–Crippen LogP) is 2.67. The quantitative estimate of drug-likeness (QED) is 0.788. The molecule has 0 aromatic heterocycles. The molecule has 72 valence electrons. The third-order valence-electron chi connectivity index (χ3n) is 1.53. The van der Waals surface area contributed by atoms with Gasteiger partial charge in [-0.3, -0.25) is 0 Å². The van der Waals surface area contributed by atoms with Gasteiger partial charge in [-0.05, 0) is 23.8 Å². The second kappa shape index (κ2) is 5.47. The molecule has 1 aromatic carbocycles. The second-order valence-corrected chi connectivity index (χ2v) is 4.12. The average molecular weight is 220 g/mol. The lowest BCUT2D eigenvalue weighted by Crippen LogP contribution is -2.01. The Balaban J connectivity index is 2.59. The number of benzene rings is 1. The van der Waals surface area contributed by atoms with Gasteiger partial charge in [0.1, 0.15) is 5.82 Å². The summed E-state index contributed by atoms with van der Waals surface area (Å²) >= 11 is 7.33. The first-order valence-corrected chi connectivity index (χ1v) is 5.49. The first-order valence-electron chi connectivity index (χ1n) is 3.96. The zero-order chi connectivity index (χ0) is 9.68. The lowest BCUT2D eigenvalue weighted by Gasteiger charge is -2.02. The van der Waals surface area contributed by atoms with Gasteiger partial charge in [0, 0.05) is 23.1 Å². The van der Waals surface area contributed by atoms with Crippen LogP contribution in [0, 0.1) is 5.82 Å². The van der Waals surface area contributed by atoms with Gasteiger partial charge in [-0.1, -0.05) is 11.6 Å². The summed E-state index contributed by atoms with van der Waals surface area (Å²) in [5.41, 5.74) is 5.96. The Labute approximate surface area is 86.5 Å². The van der Waals surface area contributed by atoms with Gasteiger partial charge in [0.25, 0.3) is 0 Å². The van der Waals surface area contributed by atoms with Gasteiger partial charge in [-0.25, -0.2) is 4.39 Å². The average Bonchev–Trinajstić information content (AvgIpc) is 2.11.